The van der Waals surface area contributed by atoms with Crippen molar-refractivity contribution >= 4 is 11.6 Å². The van der Waals surface area contributed by atoms with Crippen molar-refractivity contribution in [2.75, 3.05) is 0 Å². The summed E-state index contributed by atoms with van der Waals surface area (Å²) in [5.74, 6) is 0. The number of benzene rings is 5. The van der Waals surface area contributed by atoms with Gasteiger partial charge in [-0.25, -0.2) is 0 Å². The Bertz CT molecular complexity index is 1480. The fraction of sp³-hybridized carbons (Fsp3) is 0.0323. The van der Waals surface area contributed by atoms with Crippen LogP contribution in [-0.4, -0.2) is 0 Å². The molecule has 0 heterocycles. The highest BCUT2D eigenvalue weighted by Gasteiger charge is 2.51. The molecule has 0 N–H and O–H groups in total. The molecule has 150 valence electrons. The van der Waals surface area contributed by atoms with Gasteiger partial charge in [0.2, 0.25) is 0 Å². The lowest BCUT2D eigenvalue weighted by Crippen LogP contribution is -2.25. The Labute approximate surface area is 192 Å². The van der Waals surface area contributed by atoms with Gasteiger partial charge >= 0.3 is 0 Å². The number of hydrogen-bond acceptors (Lipinski definition) is 0. The Hall–Kier alpha value is -3.61. The van der Waals surface area contributed by atoms with Crippen LogP contribution in [0.2, 0.25) is 5.02 Å². The minimum Gasteiger partial charge on any atom is -0.0843 e. The summed E-state index contributed by atoms with van der Waals surface area (Å²) < 4.78 is 0. The van der Waals surface area contributed by atoms with Gasteiger partial charge in [-0.05, 0) is 73.8 Å². The van der Waals surface area contributed by atoms with E-state index in [4.69, 9.17) is 11.6 Å². The average molecular weight is 427 g/mol. The van der Waals surface area contributed by atoms with Crippen molar-refractivity contribution in [1.29, 1.82) is 0 Å². The smallest absolute Gasteiger partial charge is 0.0726 e. The van der Waals surface area contributed by atoms with Crippen molar-refractivity contribution in [3.05, 3.63) is 143 Å². The second kappa shape index (κ2) is 6.45. The molecule has 0 bridgehead atoms. The molecule has 0 nitrogen and oxygen atoms in total. The highest BCUT2D eigenvalue weighted by Crippen LogP contribution is 2.63. The Kier molecular flexibility index (Phi) is 3.63. The van der Waals surface area contributed by atoms with Crippen LogP contribution in [0, 0.1) is 0 Å². The van der Waals surface area contributed by atoms with Gasteiger partial charge in [-0.2, -0.15) is 0 Å². The van der Waals surface area contributed by atoms with Crippen LogP contribution in [0.1, 0.15) is 22.3 Å². The lowest BCUT2D eigenvalue weighted by Gasteiger charge is -2.30. The minimum absolute atomic E-state index is 0.335. The van der Waals surface area contributed by atoms with E-state index >= 15 is 0 Å². The molecule has 2 aliphatic rings. The minimum atomic E-state index is -0.335. The van der Waals surface area contributed by atoms with Gasteiger partial charge in [-0.3, -0.25) is 0 Å². The predicted octanol–water partition coefficient (Wildman–Crippen LogP) is 8.35. The molecule has 0 unspecified atom stereocenters. The largest absolute Gasteiger partial charge is 0.0843 e. The third kappa shape index (κ3) is 2.18. The van der Waals surface area contributed by atoms with E-state index in [1.165, 1.54) is 55.6 Å². The third-order valence-electron chi connectivity index (χ3n) is 7.16. The number of rotatable bonds is 1. The Balaban J connectivity index is 1.62. The third-order valence-corrected chi connectivity index (χ3v) is 7.39. The Morgan fingerprint density at radius 1 is 0.406 bits per heavy atom. The second-order valence-electron chi connectivity index (χ2n) is 8.66. The molecule has 1 spiro atoms. The fourth-order valence-electron chi connectivity index (χ4n) is 5.93. The van der Waals surface area contributed by atoms with E-state index in [2.05, 4.69) is 109 Å². The fourth-order valence-corrected chi connectivity index (χ4v) is 6.10. The summed E-state index contributed by atoms with van der Waals surface area (Å²) in [5, 5.41) is 0.779. The van der Waals surface area contributed by atoms with Gasteiger partial charge in [0.25, 0.3) is 0 Å². The molecule has 0 amide bonds. The van der Waals surface area contributed by atoms with Crippen LogP contribution < -0.4 is 0 Å². The molecular formula is C31H19Cl. The quantitative estimate of drug-likeness (QED) is 0.247. The van der Waals surface area contributed by atoms with E-state index in [0.717, 1.165) is 5.02 Å². The van der Waals surface area contributed by atoms with Gasteiger partial charge in [-0.1, -0.05) is 109 Å². The van der Waals surface area contributed by atoms with E-state index in [1.54, 1.807) is 0 Å². The van der Waals surface area contributed by atoms with Crippen molar-refractivity contribution in [3.63, 3.8) is 0 Å². The SMILES string of the molecule is Clc1ccc2c(c1)C1(c3ccccc3-c3ccccc31)c1ccc(-c3ccccc3)cc1-2. The molecule has 0 saturated heterocycles. The monoisotopic (exact) mass is 426 g/mol. The van der Waals surface area contributed by atoms with Gasteiger partial charge < -0.3 is 0 Å². The molecular weight excluding hydrogens is 408 g/mol. The summed E-state index contributed by atoms with van der Waals surface area (Å²) in [7, 11) is 0. The standard InChI is InChI=1S/C31H19Cl/c32-22-15-16-25-26-18-21(20-8-2-1-3-9-20)14-17-29(26)31(30(25)19-22)27-12-6-4-10-23(27)24-11-5-7-13-28(24)31/h1-19H. The maximum absolute atomic E-state index is 6.61. The van der Waals surface area contributed by atoms with Crippen molar-refractivity contribution < 1.29 is 0 Å². The summed E-state index contributed by atoms with van der Waals surface area (Å²) in [6.45, 7) is 0. The van der Waals surface area contributed by atoms with Gasteiger partial charge in [0.05, 0.1) is 5.41 Å². The van der Waals surface area contributed by atoms with Crippen LogP contribution in [0.5, 0.6) is 0 Å². The van der Waals surface area contributed by atoms with Crippen LogP contribution in [0.25, 0.3) is 33.4 Å². The van der Waals surface area contributed by atoms with Gasteiger partial charge in [0.15, 0.2) is 0 Å². The van der Waals surface area contributed by atoms with Gasteiger partial charge in [0, 0.05) is 5.02 Å². The van der Waals surface area contributed by atoms with Crippen LogP contribution in [-0.2, 0) is 5.41 Å². The van der Waals surface area contributed by atoms with E-state index in [1.807, 2.05) is 6.07 Å². The average Bonchev–Trinajstić information content (AvgIpc) is 3.31. The van der Waals surface area contributed by atoms with Gasteiger partial charge in [-0.15, -0.1) is 0 Å². The number of halogens is 1. The summed E-state index contributed by atoms with van der Waals surface area (Å²) in [6.07, 6.45) is 0. The first-order valence-corrected chi connectivity index (χ1v) is 11.4. The van der Waals surface area contributed by atoms with Crippen LogP contribution in [0.4, 0.5) is 0 Å². The lowest BCUT2D eigenvalue weighted by atomic mass is 9.70. The number of fused-ring (bicyclic) bond motifs is 10. The van der Waals surface area contributed by atoms with Crippen molar-refractivity contribution in [2.45, 2.75) is 5.41 Å². The molecule has 2 aliphatic carbocycles. The first kappa shape index (κ1) is 18.0. The zero-order chi connectivity index (χ0) is 21.3. The van der Waals surface area contributed by atoms with E-state index in [9.17, 15) is 0 Å². The molecule has 5 aromatic carbocycles. The van der Waals surface area contributed by atoms with Crippen molar-refractivity contribution in [3.8, 4) is 33.4 Å². The predicted molar refractivity (Wildman–Crippen MR) is 133 cm³/mol. The molecule has 0 radical (unpaired) electrons. The van der Waals surface area contributed by atoms with Crippen molar-refractivity contribution in [1.82, 2.24) is 0 Å². The molecule has 0 aliphatic heterocycles. The van der Waals surface area contributed by atoms with Crippen LogP contribution >= 0.6 is 11.6 Å². The maximum Gasteiger partial charge on any atom is 0.0726 e. The lowest BCUT2D eigenvalue weighted by molar-refractivity contribution is 0.794. The van der Waals surface area contributed by atoms with E-state index in [-0.39, 0.29) is 5.41 Å². The molecule has 1 heteroatoms. The highest BCUT2D eigenvalue weighted by molar-refractivity contribution is 6.30. The Morgan fingerprint density at radius 2 is 1.00 bits per heavy atom. The second-order valence-corrected chi connectivity index (χ2v) is 9.09. The zero-order valence-corrected chi connectivity index (χ0v) is 18.1. The van der Waals surface area contributed by atoms with Crippen LogP contribution in [0.15, 0.2) is 115 Å². The molecule has 0 fully saturated rings. The van der Waals surface area contributed by atoms with Crippen molar-refractivity contribution in [2.24, 2.45) is 0 Å². The molecule has 0 saturated carbocycles. The highest BCUT2D eigenvalue weighted by atomic mass is 35.5. The summed E-state index contributed by atoms with van der Waals surface area (Å²) in [6, 6.07) is 41.7. The molecule has 0 atom stereocenters. The molecule has 32 heavy (non-hydrogen) atoms. The molecule has 7 rings (SSSR count). The molecule has 0 aromatic heterocycles. The summed E-state index contributed by atoms with van der Waals surface area (Å²) >= 11 is 6.61. The zero-order valence-electron chi connectivity index (χ0n) is 17.3. The Morgan fingerprint density at radius 3 is 1.72 bits per heavy atom. The summed E-state index contributed by atoms with van der Waals surface area (Å²) in [4.78, 5) is 0. The first-order chi connectivity index (χ1) is 15.8. The van der Waals surface area contributed by atoms with E-state index in [0.29, 0.717) is 0 Å². The normalized spacial score (nSPS) is 14.0. The maximum atomic E-state index is 6.61. The summed E-state index contributed by atoms with van der Waals surface area (Å²) in [5.41, 5.74) is 12.6. The topological polar surface area (TPSA) is 0 Å². The first-order valence-electron chi connectivity index (χ1n) is 11.0. The van der Waals surface area contributed by atoms with Gasteiger partial charge in [0.1, 0.15) is 0 Å². The van der Waals surface area contributed by atoms with Crippen LogP contribution in [0.3, 0.4) is 0 Å². The van der Waals surface area contributed by atoms with E-state index < -0.39 is 0 Å². The number of hydrogen-bond donors (Lipinski definition) is 0. The molecule has 5 aromatic rings.